The molecule has 0 saturated heterocycles. The monoisotopic (exact) mass is 372 g/mol. The summed E-state index contributed by atoms with van der Waals surface area (Å²) in [6, 6.07) is 8.49. The van der Waals surface area contributed by atoms with Gasteiger partial charge in [0.2, 0.25) is 10.0 Å². The summed E-state index contributed by atoms with van der Waals surface area (Å²) in [4.78, 5) is 7.88. The van der Waals surface area contributed by atoms with Crippen molar-refractivity contribution < 1.29 is 8.42 Å². The van der Waals surface area contributed by atoms with Gasteiger partial charge in [0.1, 0.15) is 0 Å². The first-order chi connectivity index (χ1) is 11.4. The second-order valence-corrected chi connectivity index (χ2v) is 8.17. The van der Waals surface area contributed by atoms with Crippen LogP contribution in [0, 0.1) is 0 Å². The van der Waals surface area contributed by atoms with Crippen molar-refractivity contribution in [3.63, 3.8) is 0 Å². The average Bonchev–Trinajstić information content (AvgIpc) is 2.53. The van der Waals surface area contributed by atoms with Gasteiger partial charge in [0.05, 0.1) is 6.26 Å². The van der Waals surface area contributed by atoms with Crippen LogP contribution in [-0.4, -0.2) is 58.5 Å². The zero-order valence-electron chi connectivity index (χ0n) is 14.9. The summed E-state index contributed by atoms with van der Waals surface area (Å²) in [5.74, 6) is 0.825. The van der Waals surface area contributed by atoms with Crippen LogP contribution in [0.5, 0.6) is 0 Å². The summed E-state index contributed by atoms with van der Waals surface area (Å²) in [6.45, 7) is 4.56. The van der Waals surface area contributed by atoms with E-state index in [-0.39, 0.29) is 0 Å². The third kappa shape index (κ3) is 8.56. The maximum Gasteiger partial charge on any atom is 0.208 e. The largest absolute Gasteiger partial charge is 0.357 e. The van der Waals surface area contributed by atoms with E-state index >= 15 is 0 Å². The van der Waals surface area contributed by atoms with Gasteiger partial charge in [0.15, 0.2) is 5.96 Å². The fourth-order valence-electron chi connectivity index (χ4n) is 2.07. The lowest BCUT2D eigenvalue weighted by Gasteiger charge is -2.22. The van der Waals surface area contributed by atoms with Crippen LogP contribution in [0.25, 0.3) is 0 Å². The lowest BCUT2D eigenvalue weighted by atomic mass is 10.2. The molecule has 1 rings (SSSR count). The Balaban J connectivity index is 2.56. The molecule has 0 atom stereocenters. The number of nitrogens with zero attached hydrogens (tertiary/aromatic N) is 2. The minimum absolute atomic E-state index is 0.404. The Morgan fingerprint density at radius 2 is 1.96 bits per heavy atom. The maximum absolute atomic E-state index is 11.0. The first kappa shape index (κ1) is 20.8. The van der Waals surface area contributed by atoms with Crippen LogP contribution < -0.4 is 10.0 Å². The minimum Gasteiger partial charge on any atom is -0.357 e. The van der Waals surface area contributed by atoms with E-state index in [1.165, 1.54) is 10.5 Å². The van der Waals surface area contributed by atoms with Crippen LogP contribution in [0.1, 0.15) is 18.9 Å². The number of thioether (sulfide) groups is 1. The average molecular weight is 373 g/mol. The first-order valence-electron chi connectivity index (χ1n) is 7.92. The molecule has 0 aliphatic rings. The molecule has 136 valence electrons. The molecule has 0 aromatic heterocycles. The molecule has 6 nitrogen and oxygen atoms in total. The van der Waals surface area contributed by atoms with Gasteiger partial charge < -0.3 is 10.2 Å². The topological polar surface area (TPSA) is 73.8 Å². The molecule has 2 N–H and O–H groups in total. The predicted molar refractivity (Wildman–Crippen MR) is 103 cm³/mol. The fourth-order valence-corrected chi connectivity index (χ4v) is 2.99. The van der Waals surface area contributed by atoms with E-state index < -0.39 is 10.0 Å². The molecule has 0 fully saturated rings. The highest BCUT2D eigenvalue weighted by Gasteiger charge is 2.06. The summed E-state index contributed by atoms with van der Waals surface area (Å²) in [6.07, 6.45) is 3.89. The third-order valence-electron chi connectivity index (χ3n) is 3.24. The van der Waals surface area contributed by atoms with Gasteiger partial charge in [-0.05, 0) is 37.3 Å². The molecule has 1 aromatic carbocycles. The Morgan fingerprint density at radius 1 is 1.29 bits per heavy atom. The van der Waals surface area contributed by atoms with Crippen molar-refractivity contribution >= 4 is 27.7 Å². The van der Waals surface area contributed by atoms with Crippen LogP contribution in [-0.2, 0) is 16.6 Å². The summed E-state index contributed by atoms with van der Waals surface area (Å²) >= 11 is 1.73. The van der Waals surface area contributed by atoms with Crippen molar-refractivity contribution in [3.05, 3.63) is 29.8 Å². The van der Waals surface area contributed by atoms with Crippen molar-refractivity contribution in [2.24, 2.45) is 4.99 Å². The maximum atomic E-state index is 11.0. The normalized spacial score (nSPS) is 12.2. The molecule has 1 aromatic rings. The molecular weight excluding hydrogens is 344 g/mol. The molecule has 0 amide bonds. The van der Waals surface area contributed by atoms with Crippen LogP contribution in [0.2, 0.25) is 0 Å². The lowest BCUT2D eigenvalue weighted by molar-refractivity contribution is 0.476. The Labute approximate surface area is 150 Å². The molecule has 0 heterocycles. The summed E-state index contributed by atoms with van der Waals surface area (Å²) < 4.78 is 24.5. The van der Waals surface area contributed by atoms with Crippen molar-refractivity contribution in [2.45, 2.75) is 24.8 Å². The van der Waals surface area contributed by atoms with Gasteiger partial charge in [-0.25, -0.2) is 13.1 Å². The van der Waals surface area contributed by atoms with E-state index in [4.69, 9.17) is 0 Å². The standard InChI is InChI=1S/C16H28N4O2S2/c1-5-17-16(18-11-6-12-19-24(4,21)22)20(2)13-14-7-9-15(23-3)10-8-14/h7-10,19H,5-6,11-13H2,1-4H3,(H,17,18). The molecule has 0 aliphatic carbocycles. The highest BCUT2D eigenvalue weighted by atomic mass is 32.2. The van der Waals surface area contributed by atoms with Gasteiger partial charge in [-0.3, -0.25) is 4.99 Å². The molecule has 8 heteroatoms. The van der Waals surface area contributed by atoms with Gasteiger partial charge in [0.25, 0.3) is 0 Å². The second kappa shape index (κ2) is 10.6. The molecular formula is C16H28N4O2S2. The molecule has 0 saturated carbocycles. The van der Waals surface area contributed by atoms with Crippen LogP contribution >= 0.6 is 11.8 Å². The summed E-state index contributed by atoms with van der Waals surface area (Å²) in [5.41, 5.74) is 1.22. The van der Waals surface area contributed by atoms with Crippen molar-refractivity contribution in [1.82, 2.24) is 14.9 Å². The zero-order chi connectivity index (χ0) is 18.0. The predicted octanol–water partition coefficient (Wildman–Crippen LogP) is 1.75. The van der Waals surface area contributed by atoms with Gasteiger partial charge in [0, 0.05) is 38.1 Å². The Morgan fingerprint density at radius 3 is 2.50 bits per heavy atom. The molecule has 24 heavy (non-hydrogen) atoms. The third-order valence-corrected chi connectivity index (χ3v) is 4.71. The number of rotatable bonds is 9. The summed E-state index contributed by atoms with van der Waals surface area (Å²) in [7, 11) is -1.13. The van der Waals surface area contributed by atoms with Gasteiger partial charge in [-0.15, -0.1) is 11.8 Å². The highest BCUT2D eigenvalue weighted by molar-refractivity contribution is 7.98. The van der Waals surface area contributed by atoms with Gasteiger partial charge in [-0.1, -0.05) is 12.1 Å². The van der Waals surface area contributed by atoms with Crippen LogP contribution in [0.15, 0.2) is 34.2 Å². The number of hydrogen-bond acceptors (Lipinski definition) is 4. The number of aliphatic imine (C=N–C) groups is 1. The number of sulfonamides is 1. The number of benzene rings is 1. The SMILES string of the molecule is CCNC(=NCCCNS(C)(=O)=O)N(C)Cc1ccc(SC)cc1. The smallest absolute Gasteiger partial charge is 0.208 e. The molecule has 0 aliphatic heterocycles. The molecule has 0 radical (unpaired) electrons. The fraction of sp³-hybridized carbons (Fsp3) is 0.562. The van der Waals surface area contributed by atoms with E-state index in [2.05, 4.69) is 50.5 Å². The molecule has 0 bridgehead atoms. The van der Waals surface area contributed by atoms with Gasteiger partial charge >= 0.3 is 0 Å². The van der Waals surface area contributed by atoms with Crippen molar-refractivity contribution in [1.29, 1.82) is 0 Å². The number of guanidine groups is 1. The minimum atomic E-state index is -3.12. The van der Waals surface area contributed by atoms with E-state index in [0.29, 0.717) is 19.5 Å². The lowest BCUT2D eigenvalue weighted by Crippen LogP contribution is -2.38. The van der Waals surface area contributed by atoms with Crippen molar-refractivity contribution in [3.8, 4) is 0 Å². The van der Waals surface area contributed by atoms with E-state index in [0.717, 1.165) is 25.3 Å². The van der Waals surface area contributed by atoms with Crippen LogP contribution in [0.4, 0.5) is 0 Å². The van der Waals surface area contributed by atoms with E-state index in [1.807, 2.05) is 14.0 Å². The molecule has 0 spiro atoms. The van der Waals surface area contributed by atoms with E-state index in [9.17, 15) is 8.42 Å². The van der Waals surface area contributed by atoms with Crippen LogP contribution in [0.3, 0.4) is 0 Å². The quantitative estimate of drug-likeness (QED) is 0.299. The van der Waals surface area contributed by atoms with Crippen molar-refractivity contribution in [2.75, 3.05) is 39.2 Å². The Bertz CT molecular complexity index is 615. The highest BCUT2D eigenvalue weighted by Crippen LogP contribution is 2.15. The number of nitrogens with one attached hydrogen (secondary N) is 2. The Hall–Kier alpha value is -1.25. The zero-order valence-corrected chi connectivity index (χ0v) is 16.5. The Kier molecular flexibility index (Phi) is 9.17. The van der Waals surface area contributed by atoms with Gasteiger partial charge in [-0.2, -0.15) is 0 Å². The van der Waals surface area contributed by atoms with E-state index in [1.54, 1.807) is 11.8 Å². The second-order valence-electron chi connectivity index (χ2n) is 5.46. The number of hydrogen-bond donors (Lipinski definition) is 2. The first-order valence-corrected chi connectivity index (χ1v) is 11.0. The molecule has 0 unspecified atom stereocenters. The summed E-state index contributed by atoms with van der Waals surface area (Å²) in [5, 5.41) is 3.27.